The van der Waals surface area contributed by atoms with Crippen molar-refractivity contribution in [3.05, 3.63) is 55.8 Å². The molecule has 100 valence electrons. The summed E-state index contributed by atoms with van der Waals surface area (Å²) in [5, 5.41) is 0. The fourth-order valence-electron chi connectivity index (χ4n) is 1.85. The van der Waals surface area contributed by atoms with Crippen molar-refractivity contribution in [1.82, 2.24) is 0 Å². The Morgan fingerprint density at radius 1 is 1.32 bits per heavy atom. The molecule has 0 spiro atoms. The van der Waals surface area contributed by atoms with Crippen LogP contribution in [0.4, 0.5) is 15.8 Å². The van der Waals surface area contributed by atoms with E-state index in [0.717, 1.165) is 10.0 Å². The van der Waals surface area contributed by atoms with E-state index in [1.165, 1.54) is 6.07 Å². The molecule has 19 heavy (non-hydrogen) atoms. The smallest absolute Gasteiger partial charge is 0.138 e. The first-order chi connectivity index (χ1) is 8.99. The van der Waals surface area contributed by atoms with Gasteiger partial charge in [-0.15, -0.1) is 0 Å². The predicted octanol–water partition coefficient (Wildman–Crippen LogP) is 4.41. The zero-order valence-corrected chi connectivity index (χ0v) is 14.1. The van der Waals surface area contributed by atoms with Crippen molar-refractivity contribution in [3.63, 3.8) is 0 Å². The Labute approximate surface area is 134 Å². The lowest BCUT2D eigenvalue weighted by Gasteiger charge is -2.22. The fraction of sp³-hybridized carbons (Fsp3) is 0.143. The Balaban J connectivity index is 2.28. The van der Waals surface area contributed by atoms with Crippen LogP contribution in [0.1, 0.15) is 5.56 Å². The zero-order chi connectivity index (χ0) is 14.0. The van der Waals surface area contributed by atoms with Crippen molar-refractivity contribution < 1.29 is 4.39 Å². The lowest BCUT2D eigenvalue weighted by atomic mass is 10.2. The Morgan fingerprint density at radius 2 is 2.00 bits per heavy atom. The van der Waals surface area contributed by atoms with E-state index in [1.54, 1.807) is 6.07 Å². The molecule has 0 radical (unpaired) electrons. The molecule has 0 amide bonds. The van der Waals surface area contributed by atoms with Crippen molar-refractivity contribution in [1.29, 1.82) is 0 Å². The third-order valence-corrected chi connectivity index (χ3v) is 4.45. The van der Waals surface area contributed by atoms with Gasteiger partial charge in [0.2, 0.25) is 0 Å². The summed E-state index contributed by atoms with van der Waals surface area (Å²) in [6.45, 7) is 0.658. The van der Waals surface area contributed by atoms with Gasteiger partial charge >= 0.3 is 0 Å². The molecular weight excluding hydrogens is 422 g/mol. The van der Waals surface area contributed by atoms with Gasteiger partial charge < -0.3 is 10.6 Å². The van der Waals surface area contributed by atoms with Crippen LogP contribution in [0.5, 0.6) is 0 Å². The Hall–Kier alpha value is -0.820. The summed E-state index contributed by atoms with van der Waals surface area (Å²) < 4.78 is 15.2. The average molecular weight is 435 g/mol. The maximum atomic E-state index is 13.6. The molecule has 0 aliphatic heterocycles. The fourth-order valence-corrected chi connectivity index (χ4v) is 2.75. The predicted molar refractivity (Wildman–Crippen MR) is 89.8 cm³/mol. The zero-order valence-electron chi connectivity index (χ0n) is 10.3. The summed E-state index contributed by atoms with van der Waals surface area (Å²) in [4.78, 5) is 1.94. The SMILES string of the molecule is CN(Cc1ccccc1Br)c1cc(F)c(I)cc1N. The number of hydrogen-bond acceptors (Lipinski definition) is 2. The van der Waals surface area contributed by atoms with Crippen LogP contribution in [0, 0.1) is 9.39 Å². The third kappa shape index (κ3) is 3.39. The number of nitrogen functional groups attached to an aromatic ring is 1. The van der Waals surface area contributed by atoms with E-state index in [1.807, 2.05) is 58.8 Å². The maximum absolute atomic E-state index is 13.6. The number of rotatable bonds is 3. The minimum atomic E-state index is -0.247. The van der Waals surface area contributed by atoms with E-state index < -0.39 is 0 Å². The Bertz CT molecular complexity index is 604. The number of anilines is 2. The molecule has 2 nitrogen and oxygen atoms in total. The highest BCUT2D eigenvalue weighted by Crippen LogP contribution is 2.28. The van der Waals surface area contributed by atoms with Crippen molar-refractivity contribution in [2.24, 2.45) is 0 Å². The highest BCUT2D eigenvalue weighted by Gasteiger charge is 2.11. The molecule has 0 bridgehead atoms. The number of nitrogens with two attached hydrogens (primary N) is 1. The minimum absolute atomic E-state index is 0.247. The summed E-state index contributed by atoms with van der Waals surface area (Å²) in [6, 6.07) is 11.1. The van der Waals surface area contributed by atoms with Crippen LogP contribution in [0.15, 0.2) is 40.9 Å². The van der Waals surface area contributed by atoms with Gasteiger partial charge in [0.25, 0.3) is 0 Å². The lowest BCUT2D eigenvalue weighted by Crippen LogP contribution is -2.18. The first kappa shape index (κ1) is 14.6. The summed E-state index contributed by atoms with van der Waals surface area (Å²) in [5.74, 6) is -0.247. The average Bonchev–Trinajstić information content (AvgIpc) is 2.36. The molecule has 0 aromatic heterocycles. The normalized spacial score (nSPS) is 10.5. The van der Waals surface area contributed by atoms with Crippen molar-refractivity contribution >= 4 is 49.9 Å². The minimum Gasteiger partial charge on any atom is -0.397 e. The van der Waals surface area contributed by atoms with Crippen LogP contribution in [0.25, 0.3) is 0 Å². The molecule has 5 heteroatoms. The highest BCUT2D eigenvalue weighted by molar-refractivity contribution is 14.1. The van der Waals surface area contributed by atoms with Crippen molar-refractivity contribution in [3.8, 4) is 0 Å². The first-order valence-corrected chi connectivity index (χ1v) is 7.55. The molecular formula is C14H13BrFIN2. The first-order valence-electron chi connectivity index (χ1n) is 5.68. The van der Waals surface area contributed by atoms with Gasteiger partial charge in [0.1, 0.15) is 5.82 Å². The molecule has 2 rings (SSSR count). The number of benzene rings is 2. The van der Waals surface area contributed by atoms with Gasteiger partial charge in [-0.05, 0) is 40.3 Å². The van der Waals surface area contributed by atoms with Gasteiger partial charge in [0.15, 0.2) is 0 Å². The molecule has 0 heterocycles. The molecule has 2 N–H and O–H groups in total. The van der Waals surface area contributed by atoms with Crippen LogP contribution < -0.4 is 10.6 Å². The van der Waals surface area contributed by atoms with E-state index in [0.29, 0.717) is 21.5 Å². The number of halogens is 3. The van der Waals surface area contributed by atoms with E-state index in [9.17, 15) is 4.39 Å². The van der Waals surface area contributed by atoms with Crippen molar-refractivity contribution in [2.45, 2.75) is 6.54 Å². The number of hydrogen-bond donors (Lipinski definition) is 1. The van der Waals surface area contributed by atoms with Gasteiger partial charge in [0.05, 0.1) is 14.9 Å². The van der Waals surface area contributed by atoms with Crippen LogP contribution in [-0.2, 0) is 6.54 Å². The highest BCUT2D eigenvalue weighted by atomic mass is 127. The molecule has 2 aromatic rings. The van der Waals surface area contributed by atoms with E-state index in [-0.39, 0.29) is 5.82 Å². The largest absolute Gasteiger partial charge is 0.397 e. The van der Waals surface area contributed by atoms with Crippen LogP contribution in [0.3, 0.4) is 0 Å². The molecule has 0 atom stereocenters. The van der Waals surface area contributed by atoms with Gasteiger partial charge in [-0.25, -0.2) is 4.39 Å². The van der Waals surface area contributed by atoms with E-state index in [4.69, 9.17) is 5.73 Å². The second kappa shape index (κ2) is 6.09. The quantitative estimate of drug-likeness (QED) is 0.572. The van der Waals surface area contributed by atoms with Gasteiger partial charge in [0, 0.05) is 24.1 Å². The summed E-state index contributed by atoms with van der Waals surface area (Å²) >= 11 is 5.45. The maximum Gasteiger partial charge on any atom is 0.138 e. The second-order valence-electron chi connectivity index (χ2n) is 4.27. The van der Waals surface area contributed by atoms with Gasteiger partial charge in [-0.3, -0.25) is 0 Å². The molecule has 2 aromatic carbocycles. The molecule has 0 saturated heterocycles. The van der Waals surface area contributed by atoms with Crippen LogP contribution >= 0.6 is 38.5 Å². The van der Waals surface area contributed by atoms with Crippen molar-refractivity contribution in [2.75, 3.05) is 17.7 Å². The molecule has 0 fully saturated rings. The summed E-state index contributed by atoms with van der Waals surface area (Å²) in [6.07, 6.45) is 0. The molecule has 0 saturated carbocycles. The summed E-state index contributed by atoms with van der Waals surface area (Å²) in [5.41, 5.74) is 8.37. The third-order valence-electron chi connectivity index (χ3n) is 2.85. The number of nitrogens with zero attached hydrogens (tertiary/aromatic N) is 1. The van der Waals surface area contributed by atoms with E-state index in [2.05, 4.69) is 15.9 Å². The van der Waals surface area contributed by atoms with Crippen LogP contribution in [-0.4, -0.2) is 7.05 Å². The standard InChI is InChI=1S/C14H13BrFIN2/c1-19(8-9-4-2-3-5-10(9)15)14-6-11(16)12(17)7-13(14)18/h2-7H,8,18H2,1H3. The van der Waals surface area contributed by atoms with Crippen LogP contribution in [0.2, 0.25) is 0 Å². The van der Waals surface area contributed by atoms with Gasteiger partial charge in [-0.1, -0.05) is 34.1 Å². The second-order valence-corrected chi connectivity index (χ2v) is 6.29. The molecule has 0 aliphatic carbocycles. The van der Waals surface area contributed by atoms with Gasteiger partial charge in [-0.2, -0.15) is 0 Å². The topological polar surface area (TPSA) is 29.3 Å². The Morgan fingerprint density at radius 3 is 2.68 bits per heavy atom. The summed E-state index contributed by atoms with van der Waals surface area (Å²) in [7, 11) is 1.90. The monoisotopic (exact) mass is 434 g/mol. The molecule has 0 unspecified atom stereocenters. The Kier molecular flexibility index (Phi) is 4.67. The molecule has 0 aliphatic rings. The lowest BCUT2D eigenvalue weighted by molar-refractivity contribution is 0.620. The van der Waals surface area contributed by atoms with E-state index >= 15 is 0 Å².